The lowest BCUT2D eigenvalue weighted by Crippen LogP contribution is -2.61. The molecule has 1 fully saturated rings. The quantitative estimate of drug-likeness (QED) is 0.0844. The molecule has 0 aromatic heterocycles. The first kappa shape index (κ1) is 47.0. The van der Waals surface area contributed by atoms with Crippen molar-refractivity contribution in [2.45, 2.75) is 135 Å². The molecule has 8 N–H and O–H groups in total. The van der Waals surface area contributed by atoms with E-state index in [1.807, 2.05) is 33.8 Å². The van der Waals surface area contributed by atoms with Crippen molar-refractivity contribution >= 4 is 54.0 Å². The standard InChI is InChI=1S/C39H63N7O8S/c1-9-24(6)31(38(53)54)44-37(52)32(39(7,8)55)45-36(51)29-16-13-17-46(29)30(47)21-41-34(49)28(20-25-14-11-10-12-15-25)43-35(50)27(19-23(4)5)42-33(48)26(40)18-22(2)3/h10-12,14-15,22-24,26-29,31-32,55H,9,13,16-21,40H2,1-8H3,(H,41,49)(H,42,48)(H,43,50)(H,44,52)(H,45,51)(H,53,54)/t24-,26-,27-,28-,29-,31-,32-/m0/s1. The van der Waals surface area contributed by atoms with Crippen molar-refractivity contribution in [1.82, 2.24) is 31.5 Å². The molecule has 1 aromatic carbocycles. The monoisotopic (exact) mass is 789 g/mol. The van der Waals surface area contributed by atoms with Crippen LogP contribution in [0.3, 0.4) is 0 Å². The number of hydrogen-bond donors (Lipinski definition) is 8. The second-order valence-corrected chi connectivity index (χ2v) is 17.1. The molecule has 1 heterocycles. The molecule has 0 saturated carbocycles. The van der Waals surface area contributed by atoms with Crippen molar-refractivity contribution in [1.29, 1.82) is 0 Å². The first-order chi connectivity index (χ1) is 25.7. The van der Waals surface area contributed by atoms with Crippen LogP contribution in [0.1, 0.15) is 93.1 Å². The molecule has 15 nitrogen and oxygen atoms in total. The first-order valence-corrected chi connectivity index (χ1v) is 19.6. The molecule has 55 heavy (non-hydrogen) atoms. The first-order valence-electron chi connectivity index (χ1n) is 19.2. The fourth-order valence-electron chi connectivity index (χ4n) is 6.37. The molecular formula is C39H63N7O8S. The number of nitrogens with one attached hydrogen (secondary N) is 5. The lowest BCUT2D eigenvalue weighted by Gasteiger charge is -2.33. The average Bonchev–Trinajstić information content (AvgIpc) is 3.60. The van der Waals surface area contributed by atoms with E-state index in [0.717, 1.165) is 5.56 Å². The Morgan fingerprint density at radius 1 is 0.855 bits per heavy atom. The zero-order valence-electron chi connectivity index (χ0n) is 33.5. The number of thiol groups is 1. The largest absolute Gasteiger partial charge is 0.480 e. The van der Waals surface area contributed by atoms with Crippen molar-refractivity contribution in [2.75, 3.05) is 13.1 Å². The number of benzene rings is 1. The lowest BCUT2D eigenvalue weighted by atomic mass is 9.96. The molecule has 0 radical (unpaired) electrons. The molecule has 7 atom stereocenters. The summed E-state index contributed by atoms with van der Waals surface area (Å²) in [7, 11) is 0. The Balaban J connectivity index is 2.20. The summed E-state index contributed by atoms with van der Waals surface area (Å²) in [4.78, 5) is 93.9. The minimum Gasteiger partial charge on any atom is -0.480 e. The van der Waals surface area contributed by atoms with E-state index in [-0.39, 0.29) is 30.7 Å². The third-order valence-corrected chi connectivity index (χ3v) is 9.90. The molecule has 6 amide bonds. The highest BCUT2D eigenvalue weighted by molar-refractivity contribution is 7.81. The van der Waals surface area contributed by atoms with Gasteiger partial charge in [-0.3, -0.25) is 28.8 Å². The number of likely N-dealkylation sites (tertiary alicyclic amines) is 1. The molecule has 308 valence electrons. The highest BCUT2D eigenvalue weighted by Crippen LogP contribution is 2.22. The average molecular weight is 790 g/mol. The van der Waals surface area contributed by atoms with Gasteiger partial charge in [0.2, 0.25) is 35.4 Å². The SMILES string of the molecule is CC[C@H](C)[C@H](NC(=O)[C@H](NC(=O)[C@@H]1CCCN1C(=O)CNC(=O)[C@H](Cc1ccccc1)NC(=O)[C@H](CC(C)C)NC(=O)[C@@H](N)CC(C)C)C(C)(C)S)C(=O)O. The number of nitrogens with zero attached hydrogens (tertiary/aromatic N) is 1. The van der Waals surface area contributed by atoms with Crippen LogP contribution in [0.25, 0.3) is 0 Å². The van der Waals surface area contributed by atoms with E-state index >= 15 is 0 Å². The maximum atomic E-state index is 13.7. The number of carbonyl (C=O) groups is 7. The number of hydrogen-bond acceptors (Lipinski definition) is 9. The summed E-state index contributed by atoms with van der Waals surface area (Å²) in [6.45, 7) is 14.2. The Bertz CT molecular complexity index is 1490. The predicted octanol–water partition coefficient (Wildman–Crippen LogP) is 1.53. The number of carboxylic acids is 1. The van der Waals surface area contributed by atoms with Gasteiger partial charge >= 0.3 is 5.97 Å². The van der Waals surface area contributed by atoms with E-state index in [1.54, 1.807) is 52.0 Å². The molecule has 0 unspecified atom stereocenters. The molecule has 16 heteroatoms. The molecule has 0 aliphatic carbocycles. The van der Waals surface area contributed by atoms with E-state index in [0.29, 0.717) is 32.1 Å². The molecule has 1 aliphatic rings. The van der Waals surface area contributed by atoms with Crippen molar-refractivity contribution in [3.63, 3.8) is 0 Å². The summed E-state index contributed by atoms with van der Waals surface area (Å²) < 4.78 is -1.10. The fraction of sp³-hybridized carbons (Fsp3) is 0.667. The minimum atomic E-state index is -1.23. The van der Waals surface area contributed by atoms with E-state index in [9.17, 15) is 38.7 Å². The lowest BCUT2D eigenvalue weighted by molar-refractivity contribution is -0.144. The number of carboxylic acid groups (broad SMARTS) is 1. The minimum absolute atomic E-state index is 0.0249. The van der Waals surface area contributed by atoms with Crippen LogP contribution in [-0.4, -0.2) is 106 Å². The van der Waals surface area contributed by atoms with E-state index < -0.39 is 89.0 Å². The highest BCUT2D eigenvalue weighted by atomic mass is 32.1. The molecule has 1 aromatic rings. The maximum absolute atomic E-state index is 13.7. The van der Waals surface area contributed by atoms with Gasteiger partial charge < -0.3 is 42.3 Å². The Morgan fingerprint density at radius 2 is 1.45 bits per heavy atom. The third kappa shape index (κ3) is 15.1. The second kappa shape index (κ2) is 21.8. The van der Waals surface area contributed by atoms with Crippen LogP contribution in [0.4, 0.5) is 0 Å². The number of rotatable bonds is 21. The number of carbonyl (C=O) groups excluding carboxylic acids is 6. The molecule has 0 bridgehead atoms. The Kier molecular flexibility index (Phi) is 18.6. The molecule has 1 saturated heterocycles. The number of nitrogens with two attached hydrogens (primary N) is 1. The summed E-state index contributed by atoms with van der Waals surface area (Å²) in [5.41, 5.74) is 6.83. The van der Waals surface area contributed by atoms with Crippen LogP contribution in [0.15, 0.2) is 30.3 Å². The molecular weight excluding hydrogens is 727 g/mol. The normalized spacial score (nSPS) is 17.7. The van der Waals surface area contributed by atoms with Gasteiger partial charge in [0.1, 0.15) is 30.2 Å². The fourth-order valence-corrected chi connectivity index (χ4v) is 6.56. The van der Waals surface area contributed by atoms with Gasteiger partial charge in [-0.25, -0.2) is 4.79 Å². The van der Waals surface area contributed by atoms with Gasteiger partial charge in [-0.05, 0) is 62.8 Å². The Hall–Kier alpha value is -4.18. The summed E-state index contributed by atoms with van der Waals surface area (Å²) in [5, 5.41) is 23.1. The smallest absolute Gasteiger partial charge is 0.326 e. The van der Waals surface area contributed by atoms with Crippen molar-refractivity contribution < 1.29 is 38.7 Å². The summed E-state index contributed by atoms with van der Waals surface area (Å²) in [6.07, 6.45) is 2.12. The third-order valence-electron chi connectivity index (χ3n) is 9.64. The zero-order chi connectivity index (χ0) is 41.6. The highest BCUT2D eigenvalue weighted by Gasteiger charge is 2.41. The van der Waals surface area contributed by atoms with E-state index in [1.165, 1.54) is 4.90 Å². The Morgan fingerprint density at radius 3 is 2.00 bits per heavy atom. The van der Waals surface area contributed by atoms with Gasteiger partial charge in [-0.15, -0.1) is 0 Å². The van der Waals surface area contributed by atoms with Crippen LogP contribution in [0.2, 0.25) is 0 Å². The number of aliphatic carboxylic acids is 1. The van der Waals surface area contributed by atoms with Crippen LogP contribution in [-0.2, 0) is 40.0 Å². The second-order valence-electron chi connectivity index (χ2n) is 15.9. The topological polar surface area (TPSA) is 229 Å². The maximum Gasteiger partial charge on any atom is 0.326 e. The van der Waals surface area contributed by atoms with Crippen LogP contribution < -0.4 is 32.3 Å². The van der Waals surface area contributed by atoms with Crippen LogP contribution in [0.5, 0.6) is 0 Å². The van der Waals surface area contributed by atoms with Gasteiger partial charge in [-0.2, -0.15) is 12.6 Å². The summed E-state index contributed by atoms with van der Waals surface area (Å²) >= 11 is 4.51. The zero-order valence-corrected chi connectivity index (χ0v) is 34.4. The van der Waals surface area contributed by atoms with Gasteiger partial charge in [-0.1, -0.05) is 78.3 Å². The van der Waals surface area contributed by atoms with Gasteiger partial charge in [0, 0.05) is 17.7 Å². The summed E-state index contributed by atoms with van der Waals surface area (Å²) in [6, 6.07) is 2.77. The number of amides is 6. The van der Waals surface area contributed by atoms with E-state index in [2.05, 4.69) is 39.2 Å². The van der Waals surface area contributed by atoms with Crippen molar-refractivity contribution in [3.8, 4) is 0 Å². The van der Waals surface area contributed by atoms with Gasteiger partial charge in [0.05, 0.1) is 12.6 Å². The van der Waals surface area contributed by atoms with Crippen LogP contribution >= 0.6 is 12.6 Å². The molecule has 2 rings (SSSR count). The van der Waals surface area contributed by atoms with E-state index in [4.69, 9.17) is 5.73 Å². The molecule has 0 spiro atoms. The van der Waals surface area contributed by atoms with Gasteiger partial charge in [0.15, 0.2) is 0 Å². The van der Waals surface area contributed by atoms with Gasteiger partial charge in [0.25, 0.3) is 0 Å². The Labute approximate surface area is 330 Å². The molecule has 1 aliphatic heterocycles. The predicted molar refractivity (Wildman–Crippen MR) is 213 cm³/mol. The van der Waals surface area contributed by atoms with Crippen LogP contribution in [0, 0.1) is 17.8 Å². The summed E-state index contributed by atoms with van der Waals surface area (Å²) in [5.74, 6) is -4.93. The van der Waals surface area contributed by atoms with Crippen molar-refractivity contribution in [2.24, 2.45) is 23.5 Å². The van der Waals surface area contributed by atoms with Crippen molar-refractivity contribution in [3.05, 3.63) is 35.9 Å².